The Morgan fingerprint density at radius 1 is 0.982 bits per heavy atom. The maximum Gasteiger partial charge on any atom is 0.410 e. The number of hydrogen-bond acceptors (Lipinski definition) is 10. The largest absolute Gasteiger partial charge is 0.493 e. The van der Waals surface area contributed by atoms with Crippen LogP contribution in [0.1, 0.15) is 65.8 Å². The number of pyridine rings is 3. The Morgan fingerprint density at radius 2 is 1.70 bits per heavy atom. The van der Waals surface area contributed by atoms with E-state index in [1.165, 1.54) is 0 Å². The van der Waals surface area contributed by atoms with Crippen LogP contribution in [0.3, 0.4) is 0 Å². The van der Waals surface area contributed by atoms with Crippen LogP contribution in [-0.2, 0) is 22.6 Å². The number of aromatic nitrogens is 5. The molecule has 1 aromatic carbocycles. The minimum atomic E-state index is -0.686. The van der Waals surface area contributed by atoms with Crippen molar-refractivity contribution >= 4 is 40.8 Å². The lowest BCUT2D eigenvalue weighted by Gasteiger charge is -2.39. The molecule has 1 aliphatic heterocycles. The van der Waals surface area contributed by atoms with E-state index >= 15 is 0 Å². The molecule has 0 aliphatic carbocycles. The van der Waals surface area contributed by atoms with Crippen LogP contribution in [-0.4, -0.2) is 91.4 Å². The summed E-state index contributed by atoms with van der Waals surface area (Å²) in [5.74, 6) is 1.54. The second-order valence-electron chi connectivity index (χ2n) is 15.0. The molecule has 13 nitrogen and oxygen atoms in total. The average molecular weight is 804 g/mol. The molecule has 0 unspecified atom stereocenters. The molecule has 6 rings (SSSR count). The highest BCUT2D eigenvalue weighted by Crippen LogP contribution is 2.42. The summed E-state index contributed by atoms with van der Waals surface area (Å²) in [6.45, 7) is 13.1. The van der Waals surface area contributed by atoms with Crippen molar-refractivity contribution in [1.82, 2.24) is 39.7 Å². The lowest BCUT2D eigenvalue weighted by Crippen LogP contribution is -2.49. The van der Waals surface area contributed by atoms with Gasteiger partial charge in [-0.05, 0) is 57.9 Å². The van der Waals surface area contributed by atoms with E-state index in [2.05, 4.69) is 34.2 Å². The summed E-state index contributed by atoms with van der Waals surface area (Å²) in [6.07, 6.45) is 4.35. The Kier molecular flexibility index (Phi) is 12.4. The molecule has 1 saturated heterocycles. The number of carbonyl (C=O) groups excluding carboxylic acids is 2. The molecule has 1 aliphatic rings. The zero-order valence-corrected chi connectivity index (χ0v) is 34.5. The third-order valence-electron chi connectivity index (χ3n) is 9.51. The molecule has 5 heterocycles. The lowest BCUT2D eigenvalue weighted by molar-refractivity contribution is -0.130. The van der Waals surface area contributed by atoms with Gasteiger partial charge in [0, 0.05) is 72.3 Å². The lowest BCUT2D eigenvalue weighted by atomic mass is 9.99. The first-order valence-electron chi connectivity index (χ1n) is 18.6. The van der Waals surface area contributed by atoms with Crippen molar-refractivity contribution in [2.45, 2.75) is 85.2 Å². The molecule has 15 heteroatoms. The van der Waals surface area contributed by atoms with Crippen molar-refractivity contribution in [2.24, 2.45) is 0 Å². The summed E-state index contributed by atoms with van der Waals surface area (Å²) in [5.41, 5.74) is 4.41. The molecule has 2 amide bonds. The van der Waals surface area contributed by atoms with E-state index in [9.17, 15) is 9.59 Å². The van der Waals surface area contributed by atoms with Gasteiger partial charge in [0.25, 0.3) is 0 Å². The van der Waals surface area contributed by atoms with Crippen LogP contribution in [0.5, 0.6) is 11.6 Å². The second kappa shape index (κ2) is 17.0. The van der Waals surface area contributed by atoms with Gasteiger partial charge in [0.2, 0.25) is 11.8 Å². The summed E-state index contributed by atoms with van der Waals surface area (Å²) >= 11 is 14.3. The number of nitrogens with zero attached hydrogens (tertiary/aromatic N) is 7. The van der Waals surface area contributed by atoms with Crippen LogP contribution in [0.15, 0.2) is 54.9 Å². The summed E-state index contributed by atoms with van der Waals surface area (Å²) in [6, 6.07) is 13.2. The van der Waals surface area contributed by atoms with Crippen molar-refractivity contribution in [1.29, 1.82) is 0 Å². The Bertz CT molecular complexity index is 2230. The predicted molar refractivity (Wildman–Crippen MR) is 217 cm³/mol. The highest BCUT2D eigenvalue weighted by Gasteiger charge is 2.33. The molecule has 0 atom stereocenters. The number of rotatable bonds is 11. The van der Waals surface area contributed by atoms with Crippen molar-refractivity contribution in [2.75, 3.05) is 27.3 Å². The van der Waals surface area contributed by atoms with Gasteiger partial charge in [-0.1, -0.05) is 55.2 Å². The normalized spacial score (nSPS) is 13.7. The van der Waals surface area contributed by atoms with Crippen LogP contribution < -0.4 is 14.8 Å². The minimum Gasteiger partial charge on any atom is -0.493 e. The number of hydrogen-bond donors (Lipinski definition) is 1. The van der Waals surface area contributed by atoms with E-state index in [1.54, 1.807) is 41.7 Å². The fourth-order valence-corrected chi connectivity index (χ4v) is 7.34. The highest BCUT2D eigenvalue weighted by atomic mass is 35.5. The number of likely N-dealkylation sites (tertiary alicyclic amines) is 1. The predicted octanol–water partition coefficient (Wildman–Crippen LogP) is 8.09. The molecular formula is C41H48Cl2N8O5. The van der Waals surface area contributed by atoms with E-state index < -0.39 is 11.7 Å². The number of nitrogens with one attached hydrogen (secondary N) is 1. The first kappa shape index (κ1) is 40.7. The first-order valence-corrected chi connectivity index (χ1v) is 19.3. The monoisotopic (exact) mass is 802 g/mol. The number of amides is 2. The SMILES string of the molecule is COc1nc(-c2cccc(-c3ccnc(-c4cc(OC)c5nc(CNC(C)C)nn5c4)c3Cl)c2Cl)ccc1CN(C(=O)OC(C)(C)C)C1CCN(C(C)=O)CC1. The van der Waals surface area contributed by atoms with Gasteiger partial charge in [0.05, 0.1) is 48.7 Å². The van der Waals surface area contributed by atoms with Gasteiger partial charge in [0.1, 0.15) is 5.60 Å². The molecule has 0 saturated carbocycles. The summed E-state index contributed by atoms with van der Waals surface area (Å²) < 4.78 is 19.0. The van der Waals surface area contributed by atoms with Crippen LogP contribution in [0.4, 0.5) is 4.79 Å². The third-order valence-corrected chi connectivity index (χ3v) is 10.3. The number of piperidine rings is 1. The Labute approximate surface area is 337 Å². The maximum atomic E-state index is 13.6. The maximum absolute atomic E-state index is 13.6. The van der Waals surface area contributed by atoms with Gasteiger partial charge in [-0.25, -0.2) is 19.3 Å². The topological polar surface area (TPSA) is 136 Å². The Hall–Kier alpha value is -4.98. The fourth-order valence-electron chi connectivity index (χ4n) is 6.70. The Morgan fingerprint density at radius 3 is 2.36 bits per heavy atom. The number of carbonyl (C=O) groups is 2. The van der Waals surface area contributed by atoms with Crippen LogP contribution in [0.25, 0.3) is 39.3 Å². The zero-order chi connectivity index (χ0) is 40.3. The van der Waals surface area contributed by atoms with Crippen LogP contribution in [0.2, 0.25) is 10.0 Å². The number of fused-ring (bicyclic) bond motifs is 1. The van der Waals surface area contributed by atoms with Gasteiger partial charge in [-0.2, -0.15) is 0 Å². The van der Waals surface area contributed by atoms with Gasteiger partial charge in [-0.3, -0.25) is 9.78 Å². The van der Waals surface area contributed by atoms with E-state index in [0.29, 0.717) is 105 Å². The number of halogens is 2. The molecule has 1 N–H and O–H groups in total. The molecule has 5 aromatic rings. The molecule has 0 spiro atoms. The average Bonchev–Trinajstić information content (AvgIpc) is 3.58. The fraction of sp³-hybridized carbons (Fsp3) is 0.415. The number of benzene rings is 1. The van der Waals surface area contributed by atoms with Crippen molar-refractivity contribution in [3.05, 3.63) is 76.3 Å². The van der Waals surface area contributed by atoms with E-state index in [4.69, 9.17) is 42.4 Å². The minimum absolute atomic E-state index is 0.0258. The van der Waals surface area contributed by atoms with Gasteiger partial charge < -0.3 is 29.3 Å². The molecule has 1 fully saturated rings. The molecule has 0 bridgehead atoms. The zero-order valence-electron chi connectivity index (χ0n) is 33.0. The van der Waals surface area contributed by atoms with E-state index in [1.807, 2.05) is 69.4 Å². The highest BCUT2D eigenvalue weighted by molar-refractivity contribution is 6.39. The van der Waals surface area contributed by atoms with Crippen LogP contribution >= 0.6 is 23.2 Å². The summed E-state index contributed by atoms with van der Waals surface area (Å²) in [4.78, 5) is 43.2. The van der Waals surface area contributed by atoms with Crippen molar-refractivity contribution in [3.63, 3.8) is 0 Å². The quantitative estimate of drug-likeness (QED) is 0.140. The van der Waals surface area contributed by atoms with Crippen LogP contribution in [0, 0.1) is 0 Å². The van der Waals surface area contributed by atoms with Crippen molar-refractivity contribution < 1.29 is 23.8 Å². The molecule has 56 heavy (non-hydrogen) atoms. The summed E-state index contributed by atoms with van der Waals surface area (Å²) in [7, 11) is 3.13. The second-order valence-corrected chi connectivity index (χ2v) is 15.8. The first-order chi connectivity index (χ1) is 26.7. The van der Waals surface area contributed by atoms with Gasteiger partial charge >= 0.3 is 6.09 Å². The standard InChI is InChI=1S/C41H48Cl2N8O5/c1-24(2)45-21-34-47-38-33(54-7)20-27(23-51(38)48-34)37-36(43)30(14-17-44-37)29-10-9-11-31(35(29)42)32-13-12-26(39(46-32)55-8)22-50(40(53)56-41(4,5)6)28-15-18-49(19-16-28)25(3)52/h9-14,17,20,23-24,28,45H,15-16,18-19,21-22H2,1-8H3. The molecule has 0 radical (unpaired) electrons. The molecule has 296 valence electrons. The molecule has 4 aromatic heterocycles. The number of methoxy groups -OCH3 is 2. The van der Waals surface area contributed by atoms with Gasteiger partial charge in [0.15, 0.2) is 17.2 Å². The summed E-state index contributed by atoms with van der Waals surface area (Å²) in [5, 5.41) is 8.83. The van der Waals surface area contributed by atoms with Gasteiger partial charge in [-0.15, -0.1) is 5.10 Å². The van der Waals surface area contributed by atoms with E-state index in [0.717, 1.165) is 0 Å². The third kappa shape index (κ3) is 9.01. The Balaban J connectivity index is 1.31. The van der Waals surface area contributed by atoms with E-state index in [-0.39, 0.29) is 24.5 Å². The smallest absolute Gasteiger partial charge is 0.410 e. The molecular weight excluding hydrogens is 755 g/mol. The van der Waals surface area contributed by atoms with Crippen molar-refractivity contribution in [3.8, 4) is 45.3 Å². The number of ether oxygens (including phenoxy) is 3.